The van der Waals surface area contributed by atoms with Crippen LogP contribution in [0.5, 0.6) is 0 Å². The summed E-state index contributed by atoms with van der Waals surface area (Å²) in [7, 11) is 2.05. The average Bonchev–Trinajstić information content (AvgIpc) is 1.85. The van der Waals surface area contributed by atoms with E-state index in [1.165, 1.54) is 71.6 Å². The summed E-state index contributed by atoms with van der Waals surface area (Å²) in [4.78, 5) is 8.41. The lowest BCUT2D eigenvalue weighted by atomic mass is 9.88. The summed E-state index contributed by atoms with van der Waals surface area (Å²) >= 11 is 0. The van der Waals surface area contributed by atoms with Gasteiger partial charge in [-0.25, -0.2) is 9.97 Å². The highest BCUT2D eigenvalue weighted by Crippen LogP contribution is 2.26. The topological polar surface area (TPSA) is 157 Å². The molecule has 1 N–H and O–H groups in total. The fourth-order valence-corrected chi connectivity index (χ4v) is 8.72. The van der Waals surface area contributed by atoms with E-state index >= 15 is 0 Å². The number of H-pyrrole nitrogens is 1. The van der Waals surface area contributed by atoms with Gasteiger partial charge in [-0.3, -0.25) is 19.1 Å². The Hall–Kier alpha value is -6.25. The van der Waals surface area contributed by atoms with E-state index in [1.807, 2.05) is 104 Å². The number of imidazole rings is 2. The smallest absolute Gasteiger partial charge is 0.137 e. The molecule has 0 aliphatic rings. The van der Waals surface area contributed by atoms with Crippen molar-refractivity contribution in [2.45, 2.75) is 298 Å². The van der Waals surface area contributed by atoms with Crippen LogP contribution in [0.15, 0.2) is 95.4 Å². The first kappa shape index (κ1) is 84.8. The lowest BCUT2D eigenvalue weighted by Crippen LogP contribution is -2.11. The third-order valence-corrected chi connectivity index (χ3v) is 14.9. The van der Waals surface area contributed by atoms with E-state index in [9.17, 15) is 0 Å². The van der Waals surface area contributed by atoms with E-state index < -0.39 is 0 Å². The first-order valence-electron chi connectivity index (χ1n) is 34.4. The molecule has 93 heavy (non-hydrogen) atoms. The van der Waals surface area contributed by atoms with Crippen molar-refractivity contribution in [3.63, 3.8) is 0 Å². The van der Waals surface area contributed by atoms with Crippen molar-refractivity contribution >= 4 is 0 Å². The van der Waals surface area contributed by atoms with Crippen LogP contribution in [0.2, 0.25) is 0 Å². The second-order valence-electron chi connectivity index (χ2n) is 34.5. The molecule has 8 aromatic rings. The van der Waals surface area contributed by atoms with Gasteiger partial charge in [0, 0.05) is 113 Å². The Morgan fingerprint density at radius 3 is 1.49 bits per heavy atom. The van der Waals surface area contributed by atoms with Gasteiger partial charge in [-0.15, -0.1) is 0 Å². The maximum Gasteiger partial charge on any atom is 0.137 e. The molecule has 15 nitrogen and oxygen atoms in total. The standard InChI is InChI=1S/C11H20N2.3C10H18N2.C10H17NO.C10H16O.C9H16N2.C8H14N2/c1-8-10(9(2)13-12-8)6-7-11(3,4)5;1-9-5-7-11-12(9)8-6-10(2,3)4;1-9-7-11-12(8-9)6-5-10(2,3)4;1-10(2,3)6-5-9-11-7-8-12(9)4;1-8-7-9(12-11-8)5-6-10(2,3)4;1-8-6-11-7-9(8)5-10(2,3)4;1-9(2,3)5-8-11-7-4-6-10-11;1-7(2)6-10-5-4-9-8(10)3/h6-7H2,1-5H3,(H,12,13);5,7H,6,8H2,1-4H3;2*7-8H,5-6H2,1-4H3;7H,5-6H2,1-4H3;6-7H,5H2,1-4H3;4,6-7H,5,8H2,1-3H3;4-5,7H,6H2,1-3H3. The summed E-state index contributed by atoms with van der Waals surface area (Å²) in [5, 5.41) is 23.7. The Balaban J connectivity index is 0.000000532. The van der Waals surface area contributed by atoms with E-state index in [0.29, 0.717) is 43.8 Å². The fraction of sp³-hybridized carbons (Fsp3) is 0.679. The van der Waals surface area contributed by atoms with Gasteiger partial charge >= 0.3 is 0 Å². The highest BCUT2D eigenvalue weighted by atomic mass is 16.5. The molecule has 0 fully saturated rings. The highest BCUT2D eigenvalue weighted by Gasteiger charge is 2.17. The van der Waals surface area contributed by atoms with E-state index in [2.05, 4.69) is 254 Å². The summed E-state index contributed by atoms with van der Waals surface area (Å²) in [5.41, 5.74) is 12.6. The van der Waals surface area contributed by atoms with Gasteiger partial charge in [0.05, 0.1) is 30.1 Å². The van der Waals surface area contributed by atoms with Crippen LogP contribution in [0.1, 0.15) is 260 Å². The van der Waals surface area contributed by atoms with Crippen molar-refractivity contribution in [2.75, 3.05) is 0 Å². The number of aromatic nitrogens is 13. The Kier molecular flexibility index (Phi) is 36.1. The van der Waals surface area contributed by atoms with Crippen molar-refractivity contribution in [1.29, 1.82) is 0 Å². The average molecular weight is 1290 g/mol. The van der Waals surface area contributed by atoms with Crippen molar-refractivity contribution < 1.29 is 8.94 Å². The molecule has 0 unspecified atom stereocenters. The molecular formula is C78H137N13O2. The molecule has 0 bridgehead atoms. The van der Waals surface area contributed by atoms with Gasteiger partial charge < -0.3 is 18.1 Å². The molecule has 0 saturated heterocycles. The van der Waals surface area contributed by atoms with E-state index in [4.69, 9.17) is 8.94 Å². The lowest BCUT2D eigenvalue weighted by Gasteiger charge is -2.18. The maximum atomic E-state index is 5.11. The molecule has 0 spiro atoms. The molecule has 8 aromatic heterocycles. The number of rotatable bonds is 15. The number of nitrogens with zero attached hydrogens (tertiary/aromatic N) is 12. The molecule has 0 saturated carbocycles. The molecule has 526 valence electrons. The Bertz CT molecular complexity index is 3020. The highest BCUT2D eigenvalue weighted by molar-refractivity contribution is 5.23. The molecule has 0 amide bonds. The minimum Gasteiger partial charge on any atom is -0.472 e. The van der Waals surface area contributed by atoms with Gasteiger partial charge in [-0.1, -0.05) is 164 Å². The second kappa shape index (κ2) is 39.6. The zero-order valence-corrected chi connectivity index (χ0v) is 65.2. The van der Waals surface area contributed by atoms with Gasteiger partial charge in [-0.05, 0) is 178 Å². The minimum atomic E-state index is 0.356. The van der Waals surface area contributed by atoms with E-state index in [0.717, 1.165) is 81.3 Å². The normalized spacial score (nSPS) is 11.9. The molecule has 0 aliphatic heterocycles. The van der Waals surface area contributed by atoms with E-state index in [-0.39, 0.29) is 0 Å². The summed E-state index contributed by atoms with van der Waals surface area (Å²) < 4.78 is 20.5. The van der Waals surface area contributed by atoms with Gasteiger partial charge in [0.2, 0.25) is 0 Å². The summed E-state index contributed by atoms with van der Waals surface area (Å²) in [6, 6.07) is 6.01. The molecule has 8 rings (SSSR count). The van der Waals surface area contributed by atoms with Crippen LogP contribution in [0.25, 0.3) is 0 Å². The Morgan fingerprint density at radius 2 is 1.10 bits per heavy atom. The maximum absolute atomic E-state index is 5.11. The van der Waals surface area contributed by atoms with Crippen molar-refractivity contribution in [1.82, 2.24) is 63.8 Å². The van der Waals surface area contributed by atoms with E-state index in [1.54, 1.807) is 6.26 Å². The van der Waals surface area contributed by atoms with Crippen LogP contribution in [-0.4, -0.2) is 63.8 Å². The quantitative estimate of drug-likeness (QED) is 0.105. The Labute approximate surface area is 567 Å². The fourth-order valence-electron chi connectivity index (χ4n) is 8.72. The lowest BCUT2D eigenvalue weighted by molar-refractivity contribution is 0.331. The van der Waals surface area contributed by atoms with Gasteiger partial charge in [0.25, 0.3) is 0 Å². The van der Waals surface area contributed by atoms with Gasteiger partial charge in [0.1, 0.15) is 17.4 Å². The SMILES string of the molecule is CC(C)(C)CCn1cccn1.Cc1cc(CCC(C)(C)C)on1.Cc1ccnn1CCC(C)(C)C.Cc1cnn(CCC(C)(C)C)c1.Cc1cocc1CC(C)(C)C.Cc1n[nH]c(C)c1CCC(C)(C)C.Cc1nccn1CC(C)C.Cn1ccnc1CCC(C)(C)C. The van der Waals surface area contributed by atoms with Gasteiger partial charge in [0.15, 0.2) is 0 Å². The third-order valence-electron chi connectivity index (χ3n) is 14.9. The zero-order valence-electron chi connectivity index (χ0n) is 65.2. The Morgan fingerprint density at radius 1 is 0.548 bits per heavy atom. The number of aromatic amines is 1. The molecular weight excluding hydrogens is 1150 g/mol. The molecule has 8 heterocycles. The predicted octanol–water partition coefficient (Wildman–Crippen LogP) is 21.0. The monoisotopic (exact) mass is 1290 g/mol. The molecule has 0 atom stereocenters. The van der Waals surface area contributed by atoms with Crippen LogP contribution < -0.4 is 0 Å². The molecule has 0 radical (unpaired) electrons. The number of nitrogens with one attached hydrogen (secondary N) is 1. The van der Waals surface area contributed by atoms with Crippen LogP contribution in [-0.2, 0) is 58.9 Å². The van der Waals surface area contributed by atoms with Crippen molar-refractivity contribution in [2.24, 2.45) is 50.9 Å². The second-order valence-corrected chi connectivity index (χ2v) is 34.5. The number of furan rings is 1. The first-order valence-corrected chi connectivity index (χ1v) is 34.4. The van der Waals surface area contributed by atoms with Crippen LogP contribution in [0, 0.1) is 92.3 Å². The van der Waals surface area contributed by atoms with Gasteiger partial charge in [-0.2, -0.15) is 20.4 Å². The summed E-state index contributed by atoms with van der Waals surface area (Å²) in [5.74, 6) is 3.99. The molecule has 0 aromatic carbocycles. The van der Waals surface area contributed by atoms with Crippen molar-refractivity contribution in [3.8, 4) is 0 Å². The third kappa shape index (κ3) is 44.1. The van der Waals surface area contributed by atoms with Crippen LogP contribution in [0.3, 0.4) is 0 Å². The first-order chi connectivity index (χ1) is 42.6. The van der Waals surface area contributed by atoms with Crippen molar-refractivity contribution in [3.05, 3.63) is 149 Å². The number of hydrogen-bond acceptors (Lipinski definition) is 9. The molecule has 0 aliphatic carbocycles. The number of aryl methyl sites for hydroxylation is 13. The van der Waals surface area contributed by atoms with Crippen LogP contribution >= 0.6 is 0 Å². The minimum absolute atomic E-state index is 0.356. The largest absolute Gasteiger partial charge is 0.472 e. The number of hydrogen-bond donors (Lipinski definition) is 1. The molecule has 15 heteroatoms. The van der Waals surface area contributed by atoms with Crippen LogP contribution in [0.4, 0.5) is 0 Å². The zero-order chi connectivity index (χ0) is 71.2. The summed E-state index contributed by atoms with van der Waals surface area (Å²) in [6.45, 7) is 70.2. The predicted molar refractivity (Wildman–Crippen MR) is 393 cm³/mol. The summed E-state index contributed by atoms with van der Waals surface area (Å²) in [6.07, 6.45) is 32.4.